The van der Waals surface area contributed by atoms with E-state index in [1.54, 1.807) is 13.2 Å². The van der Waals surface area contributed by atoms with E-state index in [1.807, 2.05) is 30.9 Å². The highest BCUT2D eigenvalue weighted by molar-refractivity contribution is 9.08. The van der Waals surface area contributed by atoms with E-state index in [0.29, 0.717) is 24.2 Å². The van der Waals surface area contributed by atoms with Gasteiger partial charge in [0.2, 0.25) is 0 Å². The Morgan fingerprint density at radius 2 is 2.16 bits per heavy atom. The molecule has 0 unspecified atom stereocenters. The molecule has 0 spiro atoms. The summed E-state index contributed by atoms with van der Waals surface area (Å²) in [7, 11) is 1.63. The molecule has 0 aliphatic heterocycles. The van der Waals surface area contributed by atoms with Crippen LogP contribution >= 0.6 is 15.9 Å². The highest BCUT2D eigenvalue weighted by atomic mass is 79.9. The van der Waals surface area contributed by atoms with Crippen molar-refractivity contribution in [3.8, 4) is 0 Å². The first-order valence-corrected chi connectivity index (χ1v) is 7.22. The molecule has 0 bridgehead atoms. The highest BCUT2D eigenvalue weighted by Gasteiger charge is 2.21. The second kappa shape index (κ2) is 7.45. The van der Waals surface area contributed by atoms with Gasteiger partial charge in [0.1, 0.15) is 5.69 Å². The number of hydrogen-bond donors (Lipinski definition) is 0. The van der Waals surface area contributed by atoms with Gasteiger partial charge in [-0.1, -0.05) is 22.0 Å². The Morgan fingerprint density at radius 3 is 2.63 bits per heavy atom. The van der Waals surface area contributed by atoms with Crippen LogP contribution in [0.5, 0.6) is 0 Å². The molecule has 0 atom stereocenters. The molecule has 0 saturated carbocycles. The van der Waals surface area contributed by atoms with Gasteiger partial charge in [0.25, 0.3) is 5.69 Å². The number of ether oxygens (including phenoxy) is 1. The molecule has 106 valence electrons. The zero-order valence-electron chi connectivity index (χ0n) is 11.4. The number of anilines is 1. The molecule has 19 heavy (non-hydrogen) atoms. The summed E-state index contributed by atoms with van der Waals surface area (Å²) in [5, 5.41) is 11.8. The summed E-state index contributed by atoms with van der Waals surface area (Å²) in [5.41, 5.74) is 1.68. The van der Waals surface area contributed by atoms with Crippen LogP contribution in [0.4, 0.5) is 11.4 Å². The molecule has 0 fully saturated rings. The van der Waals surface area contributed by atoms with Crippen LogP contribution in [0, 0.1) is 10.1 Å². The van der Waals surface area contributed by atoms with Crippen molar-refractivity contribution in [3.63, 3.8) is 0 Å². The van der Waals surface area contributed by atoms with Gasteiger partial charge in [0.15, 0.2) is 0 Å². The van der Waals surface area contributed by atoms with Crippen LogP contribution in [0.3, 0.4) is 0 Å². The fourth-order valence-corrected chi connectivity index (χ4v) is 2.24. The zero-order chi connectivity index (χ0) is 14.4. The number of benzene rings is 1. The van der Waals surface area contributed by atoms with Crippen molar-refractivity contribution in [2.75, 3.05) is 25.2 Å². The average Bonchev–Trinajstić information content (AvgIpc) is 2.38. The molecule has 1 aromatic carbocycles. The Hall–Kier alpha value is -1.14. The zero-order valence-corrected chi connectivity index (χ0v) is 13.0. The largest absolute Gasteiger partial charge is 0.383 e. The van der Waals surface area contributed by atoms with Crippen molar-refractivity contribution in [2.24, 2.45) is 0 Å². The Balaban J connectivity index is 3.17. The van der Waals surface area contributed by atoms with E-state index in [9.17, 15) is 10.1 Å². The van der Waals surface area contributed by atoms with Gasteiger partial charge in [-0.25, -0.2) is 0 Å². The third-order valence-corrected chi connectivity index (χ3v) is 3.51. The smallest absolute Gasteiger partial charge is 0.292 e. The first kappa shape index (κ1) is 15.9. The van der Waals surface area contributed by atoms with E-state index in [1.165, 1.54) is 0 Å². The van der Waals surface area contributed by atoms with Crippen LogP contribution in [0.25, 0.3) is 0 Å². The maximum absolute atomic E-state index is 11.2. The van der Waals surface area contributed by atoms with E-state index in [0.717, 1.165) is 5.56 Å². The van der Waals surface area contributed by atoms with Gasteiger partial charge in [-0.3, -0.25) is 10.1 Å². The summed E-state index contributed by atoms with van der Waals surface area (Å²) in [6.07, 6.45) is 0. The summed E-state index contributed by atoms with van der Waals surface area (Å²) in [6, 6.07) is 5.50. The van der Waals surface area contributed by atoms with Crippen LogP contribution in [-0.2, 0) is 10.1 Å². The van der Waals surface area contributed by atoms with Crippen molar-refractivity contribution >= 4 is 27.3 Å². The lowest BCUT2D eigenvalue weighted by Gasteiger charge is -2.28. The Bertz CT molecular complexity index is 438. The predicted molar refractivity (Wildman–Crippen MR) is 80.1 cm³/mol. The topological polar surface area (TPSA) is 55.6 Å². The van der Waals surface area contributed by atoms with Crippen LogP contribution in [0.2, 0.25) is 0 Å². The summed E-state index contributed by atoms with van der Waals surface area (Å²) in [6.45, 7) is 5.19. The third kappa shape index (κ3) is 4.18. The number of alkyl halides is 1. The minimum Gasteiger partial charge on any atom is -0.383 e. The molecule has 0 saturated heterocycles. The molecule has 0 aromatic heterocycles. The summed E-state index contributed by atoms with van der Waals surface area (Å²) >= 11 is 3.32. The molecule has 1 aromatic rings. The molecule has 0 amide bonds. The number of nitrogens with zero attached hydrogens (tertiary/aromatic N) is 2. The normalized spacial score (nSPS) is 10.8. The van der Waals surface area contributed by atoms with E-state index in [-0.39, 0.29) is 16.7 Å². The van der Waals surface area contributed by atoms with Crippen LogP contribution in [-0.4, -0.2) is 31.2 Å². The molecule has 0 heterocycles. The monoisotopic (exact) mass is 330 g/mol. The first-order valence-electron chi connectivity index (χ1n) is 6.10. The lowest BCUT2D eigenvalue weighted by molar-refractivity contribution is -0.384. The van der Waals surface area contributed by atoms with Crippen LogP contribution in [0.15, 0.2) is 18.2 Å². The highest BCUT2D eigenvalue weighted by Crippen LogP contribution is 2.31. The van der Waals surface area contributed by atoms with E-state index >= 15 is 0 Å². The van der Waals surface area contributed by atoms with Crippen LogP contribution < -0.4 is 4.90 Å². The number of nitro groups is 1. The Morgan fingerprint density at radius 1 is 1.47 bits per heavy atom. The summed E-state index contributed by atoms with van der Waals surface area (Å²) in [4.78, 5) is 12.9. The minimum absolute atomic E-state index is 0.141. The fourth-order valence-electron chi connectivity index (χ4n) is 1.89. The van der Waals surface area contributed by atoms with Gasteiger partial charge in [-0.15, -0.1) is 0 Å². The first-order chi connectivity index (χ1) is 9.01. The maximum Gasteiger partial charge on any atom is 0.292 e. The summed E-state index contributed by atoms with van der Waals surface area (Å²) < 4.78 is 5.07. The van der Waals surface area contributed by atoms with Crippen molar-refractivity contribution in [1.82, 2.24) is 0 Å². The molecule has 0 radical (unpaired) electrons. The molecule has 5 nitrogen and oxygen atoms in total. The predicted octanol–water partition coefficient (Wildman–Crippen LogP) is 3.35. The van der Waals surface area contributed by atoms with Gasteiger partial charge < -0.3 is 9.64 Å². The van der Waals surface area contributed by atoms with Gasteiger partial charge >= 0.3 is 0 Å². The molecule has 0 N–H and O–H groups in total. The molecular weight excluding hydrogens is 312 g/mol. The maximum atomic E-state index is 11.2. The Labute approximate surface area is 121 Å². The molecule has 0 aliphatic carbocycles. The second-order valence-corrected chi connectivity index (χ2v) is 5.05. The van der Waals surface area contributed by atoms with Gasteiger partial charge in [0, 0.05) is 31.1 Å². The van der Waals surface area contributed by atoms with Gasteiger partial charge in [0.05, 0.1) is 11.5 Å². The molecule has 0 aliphatic rings. The number of methoxy groups -OCH3 is 1. The molecular formula is C13H19BrN2O3. The van der Waals surface area contributed by atoms with E-state index < -0.39 is 0 Å². The molecule has 6 heteroatoms. The number of nitro benzene ring substituents is 1. The van der Waals surface area contributed by atoms with Gasteiger partial charge in [-0.05, 0) is 25.5 Å². The van der Waals surface area contributed by atoms with Crippen LogP contribution in [0.1, 0.15) is 19.4 Å². The third-order valence-electron chi connectivity index (χ3n) is 2.86. The average molecular weight is 331 g/mol. The summed E-state index contributed by atoms with van der Waals surface area (Å²) in [5.74, 6) is 0. The second-order valence-electron chi connectivity index (χ2n) is 4.49. The number of halogens is 1. The lowest BCUT2D eigenvalue weighted by Crippen LogP contribution is -2.34. The Kier molecular flexibility index (Phi) is 6.24. The van der Waals surface area contributed by atoms with Crippen molar-refractivity contribution < 1.29 is 9.66 Å². The fraction of sp³-hybridized carbons (Fsp3) is 0.538. The molecule has 1 rings (SSSR count). The van der Waals surface area contributed by atoms with E-state index in [4.69, 9.17) is 4.74 Å². The minimum atomic E-state index is -0.330. The van der Waals surface area contributed by atoms with Crippen molar-refractivity contribution in [1.29, 1.82) is 0 Å². The van der Waals surface area contributed by atoms with E-state index in [2.05, 4.69) is 15.9 Å². The SMILES string of the molecule is COCCN(c1ccc(CBr)cc1[N+](=O)[O-])C(C)C. The van der Waals surface area contributed by atoms with Crippen molar-refractivity contribution in [2.45, 2.75) is 25.2 Å². The quantitative estimate of drug-likeness (QED) is 0.437. The standard InChI is InChI=1S/C13H19BrN2O3/c1-10(2)15(6-7-19-3)12-5-4-11(9-14)8-13(12)16(17)18/h4-5,8,10H,6-7,9H2,1-3H3. The number of rotatable bonds is 7. The number of hydrogen-bond acceptors (Lipinski definition) is 4. The lowest BCUT2D eigenvalue weighted by atomic mass is 10.1. The van der Waals surface area contributed by atoms with Crippen molar-refractivity contribution in [3.05, 3.63) is 33.9 Å². The van der Waals surface area contributed by atoms with Gasteiger partial charge in [-0.2, -0.15) is 0 Å².